The Morgan fingerprint density at radius 2 is 2.03 bits per heavy atom. The van der Waals surface area contributed by atoms with Crippen molar-refractivity contribution < 1.29 is 14.3 Å². The van der Waals surface area contributed by atoms with Crippen molar-refractivity contribution in [3.8, 4) is 11.1 Å². The van der Waals surface area contributed by atoms with Gasteiger partial charge in [-0.05, 0) is 55.3 Å². The van der Waals surface area contributed by atoms with E-state index in [2.05, 4.69) is 9.98 Å². The number of pyridine rings is 1. The minimum absolute atomic E-state index is 0.145. The first kappa shape index (κ1) is 21.6. The molecule has 1 aliphatic heterocycles. The predicted octanol–water partition coefficient (Wildman–Crippen LogP) is 3.90. The fourth-order valence-corrected chi connectivity index (χ4v) is 3.96. The highest BCUT2D eigenvalue weighted by Gasteiger charge is 2.28. The number of halogens is 1. The third-order valence-corrected chi connectivity index (χ3v) is 5.64. The molecular weight excluding hydrogens is 407 g/mol. The molecule has 3 N–H and O–H groups in total. The minimum atomic E-state index is -1.17. The molecule has 164 valence electrons. The van der Waals surface area contributed by atoms with E-state index in [1.807, 2.05) is 6.07 Å². The van der Waals surface area contributed by atoms with E-state index in [1.165, 1.54) is 6.07 Å². The Bertz CT molecular complexity index is 1230. The molecule has 4 rings (SSSR count). The van der Waals surface area contributed by atoms with E-state index in [-0.39, 0.29) is 12.5 Å². The smallest absolute Gasteiger partial charge is 0.256 e. The number of carbonyl (C=O) groups excluding carboxylic acids is 1. The van der Waals surface area contributed by atoms with Crippen LogP contribution in [0.15, 0.2) is 53.7 Å². The highest BCUT2D eigenvalue weighted by Crippen LogP contribution is 2.34. The quantitative estimate of drug-likeness (QED) is 0.472. The highest BCUT2D eigenvalue weighted by molar-refractivity contribution is 5.97. The van der Waals surface area contributed by atoms with Crippen LogP contribution >= 0.6 is 0 Å². The van der Waals surface area contributed by atoms with Gasteiger partial charge < -0.3 is 15.7 Å². The first-order valence-corrected chi connectivity index (χ1v) is 10.3. The average molecular weight is 432 g/mol. The number of amides is 1. The van der Waals surface area contributed by atoms with Crippen LogP contribution in [0.1, 0.15) is 46.6 Å². The van der Waals surface area contributed by atoms with Crippen LogP contribution in [0, 0.1) is 5.82 Å². The average Bonchev–Trinajstić information content (AvgIpc) is 3.06. The number of aliphatic hydroxyl groups is 1. The second kappa shape index (κ2) is 8.16. The number of nitrogen functional groups attached to an aromatic ring is 1. The summed E-state index contributed by atoms with van der Waals surface area (Å²) in [5, 5.41) is 10.6. The zero-order chi connectivity index (χ0) is 23.0. The summed E-state index contributed by atoms with van der Waals surface area (Å²) in [4.78, 5) is 22.4. The number of carbonyl (C=O) groups is 1. The van der Waals surface area contributed by atoms with E-state index >= 15 is 4.39 Å². The molecule has 0 saturated carbocycles. The van der Waals surface area contributed by atoms with E-state index in [4.69, 9.17) is 5.73 Å². The zero-order valence-electron chi connectivity index (χ0n) is 18.3. The van der Waals surface area contributed by atoms with Crippen LogP contribution in [-0.2, 0) is 18.7 Å². The lowest BCUT2D eigenvalue weighted by Crippen LogP contribution is -2.23. The van der Waals surface area contributed by atoms with E-state index in [0.717, 1.165) is 0 Å². The Balaban J connectivity index is 1.66. The molecule has 0 unspecified atom stereocenters. The van der Waals surface area contributed by atoms with Crippen molar-refractivity contribution >= 4 is 17.8 Å². The van der Waals surface area contributed by atoms with Gasteiger partial charge in [0.25, 0.3) is 5.91 Å². The summed E-state index contributed by atoms with van der Waals surface area (Å²) in [6.07, 6.45) is 3.26. The Hall–Kier alpha value is -3.58. The predicted molar refractivity (Wildman–Crippen MR) is 123 cm³/mol. The second-order valence-corrected chi connectivity index (χ2v) is 8.44. The molecule has 1 aromatic heterocycles. The standard InChI is InChI=1S/C25H25FN4O2/c1-25(2,32)20-10-17(9-18(12-28-3)23(20)27)15-6-7-16(21(26)11-15)13-30-14-22-19(24(30)31)5-4-8-29-22/h4-12,32H,13-14,27H2,1-3H3. The molecule has 0 spiro atoms. The summed E-state index contributed by atoms with van der Waals surface area (Å²) >= 11 is 0. The van der Waals surface area contributed by atoms with Crippen molar-refractivity contribution in [1.82, 2.24) is 9.88 Å². The van der Waals surface area contributed by atoms with Gasteiger partial charge in [0.05, 0.1) is 23.4 Å². The molecule has 32 heavy (non-hydrogen) atoms. The molecular formula is C25H25FN4O2. The number of benzene rings is 2. The number of hydrogen-bond donors (Lipinski definition) is 2. The van der Waals surface area contributed by atoms with Crippen LogP contribution < -0.4 is 5.73 Å². The Morgan fingerprint density at radius 3 is 2.69 bits per heavy atom. The summed E-state index contributed by atoms with van der Waals surface area (Å²) in [7, 11) is 1.64. The number of hydrogen-bond acceptors (Lipinski definition) is 5. The number of rotatable bonds is 5. The lowest BCUT2D eigenvalue weighted by molar-refractivity contribution is 0.0763. The first-order valence-electron chi connectivity index (χ1n) is 10.3. The molecule has 3 aromatic rings. The zero-order valence-corrected chi connectivity index (χ0v) is 18.3. The van der Waals surface area contributed by atoms with Crippen LogP contribution in [0.4, 0.5) is 10.1 Å². The van der Waals surface area contributed by atoms with E-state index in [9.17, 15) is 9.90 Å². The van der Waals surface area contributed by atoms with Gasteiger partial charge in [0.1, 0.15) is 5.82 Å². The number of aliphatic imine (C=N–C) groups is 1. The van der Waals surface area contributed by atoms with Crippen molar-refractivity contribution in [3.05, 3.63) is 82.4 Å². The van der Waals surface area contributed by atoms with Crippen molar-refractivity contribution in [3.63, 3.8) is 0 Å². The van der Waals surface area contributed by atoms with Crippen LogP contribution in [0.3, 0.4) is 0 Å². The van der Waals surface area contributed by atoms with Crippen molar-refractivity contribution in [2.75, 3.05) is 12.8 Å². The topological polar surface area (TPSA) is 91.8 Å². The first-order chi connectivity index (χ1) is 15.2. The number of fused-ring (bicyclic) bond motifs is 1. The van der Waals surface area contributed by atoms with Crippen LogP contribution in [0.25, 0.3) is 11.1 Å². The maximum Gasteiger partial charge on any atom is 0.256 e. The lowest BCUT2D eigenvalue weighted by atomic mass is 9.90. The largest absolute Gasteiger partial charge is 0.398 e. The van der Waals surface area contributed by atoms with Crippen molar-refractivity contribution in [2.24, 2.45) is 4.99 Å². The summed E-state index contributed by atoms with van der Waals surface area (Å²) in [5.41, 5.74) is 9.73. The van der Waals surface area contributed by atoms with E-state index < -0.39 is 11.4 Å². The molecule has 0 fully saturated rings. The third-order valence-electron chi connectivity index (χ3n) is 5.64. The fourth-order valence-electron chi connectivity index (χ4n) is 3.96. The van der Waals surface area contributed by atoms with E-state index in [1.54, 1.807) is 68.5 Å². The maximum absolute atomic E-state index is 15.1. The van der Waals surface area contributed by atoms with Gasteiger partial charge in [-0.15, -0.1) is 0 Å². The number of nitrogens with two attached hydrogens (primary N) is 1. The Morgan fingerprint density at radius 1 is 1.25 bits per heavy atom. The minimum Gasteiger partial charge on any atom is -0.398 e. The van der Waals surface area contributed by atoms with Gasteiger partial charge >= 0.3 is 0 Å². The molecule has 0 bridgehead atoms. The lowest BCUT2D eigenvalue weighted by Gasteiger charge is -2.23. The third kappa shape index (κ3) is 3.99. The van der Waals surface area contributed by atoms with Crippen LogP contribution in [0.2, 0.25) is 0 Å². The molecule has 0 aliphatic carbocycles. The summed E-state index contributed by atoms with van der Waals surface area (Å²) in [6, 6.07) is 12.0. The molecule has 6 nitrogen and oxygen atoms in total. The normalized spacial score (nSPS) is 13.8. The summed E-state index contributed by atoms with van der Waals surface area (Å²) in [6.45, 7) is 3.83. The fraction of sp³-hybridized carbons (Fsp3) is 0.240. The van der Waals surface area contributed by atoms with Gasteiger partial charge in [0.2, 0.25) is 0 Å². The van der Waals surface area contributed by atoms with Gasteiger partial charge in [-0.3, -0.25) is 14.8 Å². The SMILES string of the molecule is CN=Cc1cc(-c2ccc(CN3Cc4ncccc4C3=O)c(F)c2)cc(C(C)(C)O)c1N. The Labute approximate surface area is 186 Å². The molecule has 0 saturated heterocycles. The molecule has 2 aromatic carbocycles. The number of aromatic nitrogens is 1. The van der Waals surface area contributed by atoms with Gasteiger partial charge in [-0.1, -0.05) is 12.1 Å². The monoisotopic (exact) mass is 432 g/mol. The molecule has 0 radical (unpaired) electrons. The van der Waals surface area contributed by atoms with Crippen LogP contribution in [0.5, 0.6) is 0 Å². The summed E-state index contributed by atoms with van der Waals surface area (Å²) in [5.74, 6) is -0.556. The Kier molecular flexibility index (Phi) is 5.52. The highest BCUT2D eigenvalue weighted by atomic mass is 19.1. The molecule has 1 amide bonds. The summed E-state index contributed by atoms with van der Waals surface area (Å²) < 4.78 is 15.1. The number of nitrogens with zero attached hydrogens (tertiary/aromatic N) is 3. The molecule has 0 atom stereocenters. The van der Waals surface area contributed by atoms with Gasteiger partial charge in [-0.2, -0.15) is 0 Å². The maximum atomic E-state index is 15.1. The van der Waals surface area contributed by atoms with Gasteiger partial charge in [0.15, 0.2) is 0 Å². The van der Waals surface area contributed by atoms with Crippen molar-refractivity contribution in [1.29, 1.82) is 0 Å². The molecule has 2 heterocycles. The number of anilines is 1. The molecule has 7 heteroatoms. The molecule has 1 aliphatic rings. The second-order valence-electron chi connectivity index (χ2n) is 8.44. The van der Waals surface area contributed by atoms with Crippen molar-refractivity contribution in [2.45, 2.75) is 32.5 Å². The van der Waals surface area contributed by atoms with Gasteiger partial charge in [0, 0.05) is 48.4 Å². The van der Waals surface area contributed by atoms with E-state index in [0.29, 0.717) is 51.3 Å². The van der Waals surface area contributed by atoms with Crippen LogP contribution in [-0.4, -0.2) is 34.2 Å². The van der Waals surface area contributed by atoms with Gasteiger partial charge in [-0.25, -0.2) is 4.39 Å².